The summed E-state index contributed by atoms with van der Waals surface area (Å²) in [5.41, 5.74) is 6.57. The standard InChI is InChI=1S/C14H18ClFN2S/c15-12-6-5-10(7-13(12)16)8-18(9-14(17)19)11-3-1-2-4-11/h5-7,11H,1-4,8-9H2,(H2,17,19). The van der Waals surface area contributed by atoms with Crippen LogP contribution >= 0.6 is 23.8 Å². The van der Waals surface area contributed by atoms with Crippen molar-refractivity contribution < 1.29 is 4.39 Å². The third-order valence-electron chi connectivity index (χ3n) is 3.57. The Kier molecular flexibility index (Phi) is 5.13. The molecule has 1 fully saturated rings. The minimum atomic E-state index is -0.374. The summed E-state index contributed by atoms with van der Waals surface area (Å²) in [6.07, 6.45) is 4.82. The molecular formula is C14H18ClFN2S. The maximum absolute atomic E-state index is 13.5. The first kappa shape index (κ1) is 14.7. The predicted octanol–water partition coefficient (Wildman–Crippen LogP) is 3.51. The molecular weight excluding hydrogens is 283 g/mol. The van der Waals surface area contributed by atoms with Gasteiger partial charge in [-0.05, 0) is 30.5 Å². The zero-order chi connectivity index (χ0) is 13.8. The summed E-state index contributed by atoms with van der Waals surface area (Å²) in [7, 11) is 0. The van der Waals surface area contributed by atoms with Gasteiger partial charge in [-0.2, -0.15) is 0 Å². The molecule has 0 spiro atoms. The lowest BCUT2D eigenvalue weighted by Crippen LogP contribution is -2.38. The molecule has 5 heteroatoms. The first-order chi connectivity index (χ1) is 9.06. The number of benzene rings is 1. The Morgan fingerprint density at radius 1 is 1.42 bits per heavy atom. The Morgan fingerprint density at radius 3 is 2.68 bits per heavy atom. The predicted molar refractivity (Wildman–Crippen MR) is 80.9 cm³/mol. The topological polar surface area (TPSA) is 29.3 Å². The zero-order valence-electron chi connectivity index (χ0n) is 10.7. The summed E-state index contributed by atoms with van der Waals surface area (Å²) in [5.74, 6) is -0.374. The molecule has 0 atom stereocenters. The van der Waals surface area contributed by atoms with Gasteiger partial charge in [0, 0.05) is 19.1 Å². The molecule has 1 aromatic rings. The highest BCUT2D eigenvalue weighted by molar-refractivity contribution is 7.80. The van der Waals surface area contributed by atoms with Crippen molar-refractivity contribution in [3.63, 3.8) is 0 Å². The number of thiocarbonyl (C=S) groups is 1. The molecule has 2 rings (SSSR count). The molecule has 104 valence electrons. The Hall–Kier alpha value is -0.710. The highest BCUT2D eigenvalue weighted by Crippen LogP contribution is 2.25. The number of nitrogens with zero attached hydrogens (tertiary/aromatic N) is 1. The third kappa shape index (κ3) is 4.13. The number of hydrogen-bond acceptors (Lipinski definition) is 2. The van der Waals surface area contributed by atoms with E-state index in [4.69, 9.17) is 29.6 Å². The van der Waals surface area contributed by atoms with Gasteiger partial charge in [0.25, 0.3) is 0 Å². The second-order valence-electron chi connectivity index (χ2n) is 5.06. The van der Waals surface area contributed by atoms with Crippen molar-refractivity contribution >= 4 is 28.8 Å². The monoisotopic (exact) mass is 300 g/mol. The summed E-state index contributed by atoms with van der Waals surface area (Å²) in [6, 6.07) is 5.44. The zero-order valence-corrected chi connectivity index (χ0v) is 12.3. The van der Waals surface area contributed by atoms with E-state index in [0.717, 1.165) is 5.56 Å². The van der Waals surface area contributed by atoms with E-state index in [1.165, 1.54) is 31.7 Å². The maximum Gasteiger partial charge on any atom is 0.142 e. The van der Waals surface area contributed by atoms with E-state index in [-0.39, 0.29) is 10.8 Å². The van der Waals surface area contributed by atoms with Gasteiger partial charge < -0.3 is 5.73 Å². The van der Waals surface area contributed by atoms with Crippen LogP contribution in [0.25, 0.3) is 0 Å². The van der Waals surface area contributed by atoms with Crippen LogP contribution in [0.3, 0.4) is 0 Å². The van der Waals surface area contributed by atoms with Gasteiger partial charge in [0.05, 0.1) is 10.0 Å². The normalized spacial score (nSPS) is 16.2. The Balaban J connectivity index is 2.09. The molecule has 1 aromatic carbocycles. The molecule has 0 aliphatic heterocycles. The van der Waals surface area contributed by atoms with Gasteiger partial charge in [0.15, 0.2) is 0 Å². The summed E-state index contributed by atoms with van der Waals surface area (Å²) in [4.78, 5) is 2.74. The summed E-state index contributed by atoms with van der Waals surface area (Å²) < 4.78 is 13.5. The average Bonchev–Trinajstić information content (AvgIpc) is 2.86. The van der Waals surface area contributed by atoms with Crippen molar-refractivity contribution in [3.8, 4) is 0 Å². The van der Waals surface area contributed by atoms with Crippen molar-refractivity contribution in [2.75, 3.05) is 6.54 Å². The summed E-state index contributed by atoms with van der Waals surface area (Å²) in [6.45, 7) is 1.25. The smallest absolute Gasteiger partial charge is 0.142 e. The fraction of sp³-hybridized carbons (Fsp3) is 0.500. The quantitative estimate of drug-likeness (QED) is 0.844. The molecule has 1 aliphatic rings. The molecule has 1 aliphatic carbocycles. The molecule has 2 nitrogen and oxygen atoms in total. The number of nitrogens with two attached hydrogens (primary N) is 1. The van der Waals surface area contributed by atoms with E-state index in [9.17, 15) is 4.39 Å². The van der Waals surface area contributed by atoms with E-state index in [2.05, 4.69) is 4.90 Å². The summed E-state index contributed by atoms with van der Waals surface area (Å²) in [5, 5.41) is 0.158. The summed E-state index contributed by atoms with van der Waals surface area (Å²) >= 11 is 10.7. The fourth-order valence-corrected chi connectivity index (χ4v) is 2.94. The maximum atomic E-state index is 13.5. The van der Waals surface area contributed by atoms with Crippen LogP contribution < -0.4 is 5.73 Å². The molecule has 1 saturated carbocycles. The van der Waals surface area contributed by atoms with Crippen LogP contribution in [0.5, 0.6) is 0 Å². The van der Waals surface area contributed by atoms with Gasteiger partial charge in [0.2, 0.25) is 0 Å². The van der Waals surface area contributed by atoms with E-state index < -0.39 is 0 Å². The lowest BCUT2D eigenvalue weighted by atomic mass is 10.1. The van der Waals surface area contributed by atoms with Crippen LogP contribution in [-0.4, -0.2) is 22.5 Å². The molecule has 0 aromatic heterocycles. The minimum Gasteiger partial charge on any atom is -0.392 e. The molecule has 19 heavy (non-hydrogen) atoms. The molecule has 0 saturated heterocycles. The van der Waals surface area contributed by atoms with Crippen molar-refractivity contribution in [1.82, 2.24) is 4.90 Å². The van der Waals surface area contributed by atoms with Crippen LogP contribution in [0, 0.1) is 5.82 Å². The highest BCUT2D eigenvalue weighted by Gasteiger charge is 2.23. The first-order valence-electron chi connectivity index (χ1n) is 6.52. The SMILES string of the molecule is NC(=S)CN(Cc1ccc(Cl)c(F)c1)C1CCCC1. The van der Waals surface area contributed by atoms with E-state index >= 15 is 0 Å². The average molecular weight is 301 g/mol. The van der Waals surface area contributed by atoms with Gasteiger partial charge >= 0.3 is 0 Å². The lowest BCUT2D eigenvalue weighted by molar-refractivity contribution is 0.218. The fourth-order valence-electron chi connectivity index (χ4n) is 2.66. The van der Waals surface area contributed by atoms with E-state index in [0.29, 0.717) is 24.1 Å². The van der Waals surface area contributed by atoms with Crippen LogP contribution in [0.1, 0.15) is 31.2 Å². The minimum absolute atomic E-state index is 0.158. The lowest BCUT2D eigenvalue weighted by Gasteiger charge is -2.28. The van der Waals surface area contributed by atoms with Crippen molar-refractivity contribution in [3.05, 3.63) is 34.6 Å². The Bertz CT molecular complexity index is 461. The molecule has 0 heterocycles. The second kappa shape index (κ2) is 6.64. The number of halogens is 2. The van der Waals surface area contributed by atoms with Crippen molar-refractivity contribution in [2.45, 2.75) is 38.3 Å². The Morgan fingerprint density at radius 2 is 2.11 bits per heavy atom. The van der Waals surface area contributed by atoms with Gasteiger partial charge in [-0.3, -0.25) is 4.90 Å². The van der Waals surface area contributed by atoms with Gasteiger partial charge in [0.1, 0.15) is 5.82 Å². The van der Waals surface area contributed by atoms with Gasteiger partial charge in [-0.1, -0.05) is 42.7 Å². The van der Waals surface area contributed by atoms with E-state index in [1.54, 1.807) is 6.07 Å². The second-order valence-corrected chi connectivity index (χ2v) is 5.99. The van der Waals surface area contributed by atoms with Crippen molar-refractivity contribution in [2.24, 2.45) is 5.73 Å². The van der Waals surface area contributed by atoms with Crippen LogP contribution in [0.15, 0.2) is 18.2 Å². The molecule has 0 radical (unpaired) electrons. The van der Waals surface area contributed by atoms with Crippen LogP contribution in [-0.2, 0) is 6.54 Å². The van der Waals surface area contributed by atoms with Gasteiger partial charge in [-0.25, -0.2) is 4.39 Å². The largest absolute Gasteiger partial charge is 0.392 e. The highest BCUT2D eigenvalue weighted by atomic mass is 35.5. The number of hydrogen-bond donors (Lipinski definition) is 1. The molecule has 2 N–H and O–H groups in total. The third-order valence-corrected chi connectivity index (χ3v) is 4.01. The molecule has 0 amide bonds. The van der Waals surface area contributed by atoms with Crippen LogP contribution in [0.2, 0.25) is 5.02 Å². The van der Waals surface area contributed by atoms with E-state index in [1.807, 2.05) is 6.07 Å². The van der Waals surface area contributed by atoms with Crippen molar-refractivity contribution in [1.29, 1.82) is 0 Å². The number of rotatable bonds is 5. The molecule has 0 unspecified atom stereocenters. The van der Waals surface area contributed by atoms with Crippen LogP contribution in [0.4, 0.5) is 4.39 Å². The van der Waals surface area contributed by atoms with Gasteiger partial charge in [-0.15, -0.1) is 0 Å². The Labute approximate surface area is 123 Å². The molecule has 0 bridgehead atoms. The first-order valence-corrected chi connectivity index (χ1v) is 7.31.